The average Bonchev–Trinajstić information content (AvgIpc) is 2.80. The molecule has 10 heteroatoms. The van der Waals surface area contributed by atoms with E-state index in [0.29, 0.717) is 30.0 Å². The molecule has 1 aliphatic heterocycles. The highest BCUT2D eigenvalue weighted by Crippen LogP contribution is 2.37. The molecule has 0 amide bonds. The van der Waals surface area contributed by atoms with Gasteiger partial charge in [-0.15, -0.1) is 0 Å². The first-order valence-corrected chi connectivity index (χ1v) is 11.7. The van der Waals surface area contributed by atoms with E-state index in [4.69, 9.17) is 34.6 Å². The fourth-order valence-electron chi connectivity index (χ4n) is 2.90. The summed E-state index contributed by atoms with van der Waals surface area (Å²) in [4.78, 5) is 0. The monoisotopic (exact) mass is 448 g/mol. The zero-order chi connectivity index (χ0) is 21.9. The van der Waals surface area contributed by atoms with Gasteiger partial charge >= 0.3 is 7.12 Å². The van der Waals surface area contributed by atoms with E-state index in [9.17, 15) is 8.42 Å². The highest BCUT2D eigenvalue weighted by Gasteiger charge is 2.52. The highest BCUT2D eigenvalue weighted by molar-refractivity contribution is 7.85. The van der Waals surface area contributed by atoms with Crippen molar-refractivity contribution in [1.29, 1.82) is 0 Å². The topological polar surface area (TPSA) is 80.3 Å². The van der Waals surface area contributed by atoms with Gasteiger partial charge in [0.05, 0.1) is 24.1 Å². The van der Waals surface area contributed by atoms with E-state index in [1.54, 1.807) is 13.2 Å². The lowest BCUT2D eigenvalue weighted by Gasteiger charge is -2.32. The minimum Gasteiger partial charge on any atom is -0.468 e. The van der Waals surface area contributed by atoms with Gasteiger partial charge in [-0.25, -0.2) is 0 Å². The predicted molar refractivity (Wildman–Crippen MR) is 113 cm³/mol. The fraction of sp³-hybridized carbons (Fsp3) is 0.684. The van der Waals surface area contributed by atoms with Crippen LogP contribution in [0.3, 0.4) is 0 Å². The molecule has 0 unspecified atom stereocenters. The molecule has 1 aliphatic rings. The largest absolute Gasteiger partial charge is 0.495 e. The van der Waals surface area contributed by atoms with Crippen LogP contribution in [-0.4, -0.2) is 53.5 Å². The lowest BCUT2D eigenvalue weighted by Crippen LogP contribution is -2.41. The van der Waals surface area contributed by atoms with Gasteiger partial charge in [-0.3, -0.25) is 4.18 Å². The molecule has 0 spiro atoms. The van der Waals surface area contributed by atoms with Gasteiger partial charge < -0.3 is 18.8 Å². The van der Waals surface area contributed by atoms with Gasteiger partial charge in [0.2, 0.25) is 0 Å². The third-order valence-electron chi connectivity index (χ3n) is 5.17. The molecule has 0 aromatic heterocycles. The number of benzene rings is 1. The van der Waals surface area contributed by atoms with Gasteiger partial charge in [-0.2, -0.15) is 8.42 Å². The molecule has 0 atom stereocenters. The van der Waals surface area contributed by atoms with Crippen molar-refractivity contribution in [2.24, 2.45) is 0 Å². The number of hydrogen-bond acceptors (Lipinski definition) is 7. The molecule has 7 nitrogen and oxygen atoms in total. The van der Waals surface area contributed by atoms with Gasteiger partial charge in [-0.05, 0) is 70.1 Å². The Balaban J connectivity index is 2.23. The first kappa shape index (κ1) is 24.4. The summed E-state index contributed by atoms with van der Waals surface area (Å²) in [7, 11) is -2.48. The van der Waals surface area contributed by atoms with Crippen LogP contribution in [0.2, 0.25) is 5.02 Å². The lowest BCUT2D eigenvalue weighted by molar-refractivity contribution is 0.00578. The number of ether oxygens (including phenoxy) is 2. The Bertz CT molecular complexity index is 795. The van der Waals surface area contributed by atoms with Gasteiger partial charge in [-0.1, -0.05) is 11.6 Å². The number of rotatable bonds is 10. The van der Waals surface area contributed by atoms with Gasteiger partial charge in [0.15, 0.2) is 6.79 Å². The van der Waals surface area contributed by atoms with Crippen LogP contribution in [0.5, 0.6) is 5.75 Å². The minimum absolute atomic E-state index is 0.0985. The Hall–Kier alpha value is -0.835. The van der Waals surface area contributed by atoms with E-state index >= 15 is 0 Å². The van der Waals surface area contributed by atoms with Crippen molar-refractivity contribution in [3.63, 3.8) is 0 Å². The third-order valence-corrected chi connectivity index (χ3v) is 6.10. The molecule has 0 aliphatic carbocycles. The maximum absolute atomic E-state index is 11.1. The van der Waals surface area contributed by atoms with Crippen molar-refractivity contribution < 1.29 is 31.4 Å². The Morgan fingerprint density at radius 2 is 1.72 bits per heavy atom. The Morgan fingerprint density at radius 1 is 1.10 bits per heavy atom. The molecular formula is C19H30BClO7S. The molecule has 2 rings (SSSR count). The summed E-state index contributed by atoms with van der Waals surface area (Å²) in [6.07, 6.45) is 2.93. The molecule has 29 heavy (non-hydrogen) atoms. The van der Waals surface area contributed by atoms with Crippen molar-refractivity contribution >= 4 is 34.3 Å². The average molecular weight is 449 g/mol. The quantitative estimate of drug-likeness (QED) is 0.236. The smallest absolute Gasteiger partial charge is 0.468 e. The molecule has 0 bridgehead atoms. The summed E-state index contributed by atoms with van der Waals surface area (Å²) in [5.74, 6) is 0.561. The van der Waals surface area contributed by atoms with E-state index in [1.165, 1.54) is 0 Å². The molecule has 0 saturated carbocycles. The molecule has 164 valence electrons. The second-order valence-corrected chi connectivity index (χ2v) is 10.1. The zero-order valence-electron chi connectivity index (χ0n) is 17.9. The first-order chi connectivity index (χ1) is 13.4. The number of methoxy groups -OCH3 is 1. The molecule has 1 aromatic carbocycles. The first-order valence-electron chi connectivity index (χ1n) is 9.50. The molecule has 1 heterocycles. The van der Waals surface area contributed by atoms with Crippen molar-refractivity contribution in [2.75, 3.05) is 26.8 Å². The summed E-state index contributed by atoms with van der Waals surface area (Å²) in [6.45, 7) is 8.19. The van der Waals surface area contributed by atoms with Crippen molar-refractivity contribution in [3.05, 3.63) is 22.7 Å². The van der Waals surface area contributed by atoms with E-state index in [2.05, 4.69) is 0 Å². The van der Waals surface area contributed by atoms with Crippen LogP contribution < -0.4 is 10.2 Å². The van der Waals surface area contributed by atoms with Gasteiger partial charge in [0, 0.05) is 12.1 Å². The number of hydrogen-bond donors (Lipinski definition) is 0. The third kappa shape index (κ3) is 6.57. The van der Waals surface area contributed by atoms with Gasteiger partial charge in [0.1, 0.15) is 5.75 Å². The van der Waals surface area contributed by atoms with E-state index in [-0.39, 0.29) is 13.4 Å². The van der Waals surface area contributed by atoms with Crippen LogP contribution in [0.1, 0.15) is 46.1 Å². The lowest BCUT2D eigenvalue weighted by atomic mass is 9.74. The van der Waals surface area contributed by atoms with E-state index in [1.807, 2.05) is 33.8 Å². The van der Waals surface area contributed by atoms with Crippen LogP contribution in [0.25, 0.3) is 0 Å². The number of halogens is 1. The second-order valence-electron chi connectivity index (χ2n) is 8.10. The standard InChI is InChI=1S/C19H30BClO7S/c1-18(2)19(3,4)28-20(27-18)16-11-14(25-13-24-5)12-17(21)15(16)9-7-8-10-26-29(6,22)23/h11-12H,7-10,13H2,1-6H3. The molecule has 1 saturated heterocycles. The van der Waals surface area contributed by atoms with Crippen LogP contribution in [0.15, 0.2) is 12.1 Å². The fourth-order valence-corrected chi connectivity index (χ4v) is 3.63. The Morgan fingerprint density at radius 3 is 2.28 bits per heavy atom. The SMILES string of the molecule is COCOc1cc(Cl)c(CCCCOS(C)(=O)=O)c(B2OC(C)(C)C(C)(C)O2)c1. The summed E-state index contributed by atoms with van der Waals surface area (Å²) in [5.41, 5.74) is 0.697. The van der Waals surface area contributed by atoms with Crippen LogP contribution in [0, 0.1) is 0 Å². The molecule has 1 fully saturated rings. The zero-order valence-corrected chi connectivity index (χ0v) is 19.5. The normalized spacial score (nSPS) is 18.2. The van der Waals surface area contributed by atoms with Gasteiger partial charge in [0.25, 0.3) is 10.1 Å². The van der Waals surface area contributed by atoms with Crippen LogP contribution in [-0.2, 0) is 34.8 Å². The minimum atomic E-state index is -3.43. The maximum Gasteiger partial charge on any atom is 0.495 e. The highest BCUT2D eigenvalue weighted by atomic mass is 35.5. The summed E-state index contributed by atoms with van der Waals surface area (Å²) < 4.78 is 49.9. The second kappa shape index (κ2) is 9.53. The summed E-state index contributed by atoms with van der Waals surface area (Å²) in [5, 5.41) is 0.535. The predicted octanol–water partition coefficient (Wildman–Crippen LogP) is 2.92. The Labute approximate surface area is 179 Å². The maximum atomic E-state index is 11.1. The summed E-state index contributed by atoms with van der Waals surface area (Å²) in [6, 6.07) is 3.59. The molecular weight excluding hydrogens is 419 g/mol. The molecule has 0 radical (unpaired) electrons. The summed E-state index contributed by atoms with van der Waals surface area (Å²) >= 11 is 6.56. The van der Waals surface area contributed by atoms with Crippen molar-refractivity contribution in [3.8, 4) is 5.75 Å². The van der Waals surface area contributed by atoms with Crippen molar-refractivity contribution in [1.82, 2.24) is 0 Å². The van der Waals surface area contributed by atoms with E-state index in [0.717, 1.165) is 17.3 Å². The molecule has 0 N–H and O–H groups in total. The van der Waals surface area contributed by atoms with E-state index < -0.39 is 28.4 Å². The van der Waals surface area contributed by atoms with Crippen LogP contribution in [0.4, 0.5) is 0 Å². The van der Waals surface area contributed by atoms with Crippen LogP contribution >= 0.6 is 11.6 Å². The van der Waals surface area contributed by atoms with Crippen molar-refractivity contribution in [2.45, 2.75) is 58.2 Å². The Kier molecular flexibility index (Phi) is 8.03. The number of unbranched alkanes of at least 4 members (excludes halogenated alkanes) is 1. The molecule has 1 aromatic rings.